The Balaban J connectivity index is 2.69. The molecule has 1 rings (SSSR count). The second-order valence-electron chi connectivity index (χ2n) is 5.92. The van der Waals surface area contributed by atoms with Crippen LogP contribution < -0.4 is 10.1 Å². The van der Waals surface area contributed by atoms with Crippen molar-refractivity contribution in [3.8, 4) is 5.75 Å². The highest BCUT2D eigenvalue weighted by Gasteiger charge is 2.19. The molecule has 0 aliphatic heterocycles. The zero-order valence-corrected chi connectivity index (χ0v) is 14.5. The van der Waals surface area contributed by atoms with E-state index >= 15 is 0 Å². The van der Waals surface area contributed by atoms with Gasteiger partial charge in [-0.15, -0.1) is 0 Å². The van der Waals surface area contributed by atoms with Crippen molar-refractivity contribution in [2.24, 2.45) is 5.92 Å². The molecule has 0 radical (unpaired) electrons. The van der Waals surface area contributed by atoms with E-state index in [1.165, 1.54) is 0 Å². The Morgan fingerprint density at radius 3 is 2.70 bits per heavy atom. The van der Waals surface area contributed by atoms with E-state index in [4.69, 9.17) is 4.74 Å². The minimum absolute atomic E-state index is 0.308. The maximum absolute atomic E-state index is 10.0. The standard InChI is InChI=1S/C16H26BrNO2/c1-5-16(4,19)11-20-15-7-6-14(17)8-13(15)10-18-9-12(2)3/h6-8,12,18-19H,5,9-11H2,1-4H3. The van der Waals surface area contributed by atoms with Gasteiger partial charge in [0.1, 0.15) is 12.4 Å². The molecule has 1 aromatic carbocycles. The van der Waals surface area contributed by atoms with E-state index in [1.54, 1.807) is 6.92 Å². The first-order valence-corrected chi connectivity index (χ1v) is 7.97. The van der Waals surface area contributed by atoms with E-state index in [-0.39, 0.29) is 0 Å². The molecule has 0 bridgehead atoms. The van der Waals surface area contributed by atoms with Crippen LogP contribution in [0, 0.1) is 5.92 Å². The van der Waals surface area contributed by atoms with Crippen molar-refractivity contribution < 1.29 is 9.84 Å². The average molecular weight is 344 g/mol. The van der Waals surface area contributed by atoms with Gasteiger partial charge in [0.2, 0.25) is 0 Å². The molecule has 0 fully saturated rings. The highest BCUT2D eigenvalue weighted by Crippen LogP contribution is 2.24. The average Bonchev–Trinajstić information content (AvgIpc) is 2.37. The van der Waals surface area contributed by atoms with Crippen LogP contribution in [0.1, 0.15) is 39.7 Å². The molecule has 2 N–H and O–H groups in total. The summed E-state index contributed by atoms with van der Waals surface area (Å²) < 4.78 is 6.83. The van der Waals surface area contributed by atoms with Gasteiger partial charge in [-0.25, -0.2) is 0 Å². The van der Waals surface area contributed by atoms with Gasteiger partial charge in [0.25, 0.3) is 0 Å². The maximum Gasteiger partial charge on any atom is 0.124 e. The van der Waals surface area contributed by atoms with E-state index in [1.807, 2.05) is 19.1 Å². The summed E-state index contributed by atoms with van der Waals surface area (Å²) in [5.41, 5.74) is 0.322. The molecule has 0 saturated carbocycles. The van der Waals surface area contributed by atoms with E-state index in [2.05, 4.69) is 41.2 Å². The zero-order chi connectivity index (χ0) is 15.2. The fourth-order valence-electron chi connectivity index (χ4n) is 1.66. The molecule has 1 unspecified atom stereocenters. The summed E-state index contributed by atoms with van der Waals surface area (Å²) in [6.07, 6.45) is 0.671. The van der Waals surface area contributed by atoms with Gasteiger partial charge in [0.15, 0.2) is 0 Å². The van der Waals surface area contributed by atoms with E-state index in [0.29, 0.717) is 18.9 Å². The molecule has 114 valence electrons. The van der Waals surface area contributed by atoms with Gasteiger partial charge >= 0.3 is 0 Å². The summed E-state index contributed by atoms with van der Waals surface area (Å²) in [6.45, 7) is 10.2. The van der Waals surface area contributed by atoms with Crippen LogP contribution >= 0.6 is 15.9 Å². The molecular formula is C16H26BrNO2. The molecule has 0 heterocycles. The Bertz CT molecular complexity index is 419. The van der Waals surface area contributed by atoms with Gasteiger partial charge in [0.05, 0.1) is 5.60 Å². The molecule has 1 aromatic rings. The van der Waals surface area contributed by atoms with Crippen molar-refractivity contribution >= 4 is 15.9 Å². The molecule has 0 aromatic heterocycles. The van der Waals surface area contributed by atoms with Crippen LogP contribution in [-0.2, 0) is 6.54 Å². The third-order valence-electron chi connectivity index (χ3n) is 3.19. The molecule has 4 heteroatoms. The lowest BCUT2D eigenvalue weighted by molar-refractivity contribution is 0.00815. The van der Waals surface area contributed by atoms with Crippen LogP contribution in [0.2, 0.25) is 0 Å². The number of hydrogen-bond donors (Lipinski definition) is 2. The van der Waals surface area contributed by atoms with Crippen molar-refractivity contribution in [1.29, 1.82) is 0 Å². The van der Waals surface area contributed by atoms with Crippen molar-refractivity contribution in [2.45, 2.75) is 46.3 Å². The van der Waals surface area contributed by atoms with Gasteiger partial charge in [-0.2, -0.15) is 0 Å². The predicted octanol–water partition coefficient (Wildman–Crippen LogP) is 3.73. The quantitative estimate of drug-likeness (QED) is 0.755. The van der Waals surface area contributed by atoms with Crippen LogP contribution in [-0.4, -0.2) is 23.9 Å². The highest BCUT2D eigenvalue weighted by atomic mass is 79.9. The Labute approximate surface area is 130 Å². The molecule has 0 aliphatic rings. The third kappa shape index (κ3) is 6.25. The van der Waals surface area contributed by atoms with Gasteiger partial charge in [-0.05, 0) is 44.0 Å². The SMILES string of the molecule is CCC(C)(O)COc1ccc(Br)cc1CNCC(C)C. The minimum Gasteiger partial charge on any atom is -0.490 e. The van der Waals surface area contributed by atoms with Crippen LogP contribution in [0.4, 0.5) is 0 Å². The Morgan fingerprint density at radius 2 is 2.10 bits per heavy atom. The number of nitrogens with one attached hydrogen (secondary N) is 1. The number of ether oxygens (including phenoxy) is 1. The number of benzene rings is 1. The topological polar surface area (TPSA) is 41.5 Å². The van der Waals surface area contributed by atoms with Crippen LogP contribution in [0.15, 0.2) is 22.7 Å². The molecule has 3 nitrogen and oxygen atoms in total. The Kier molecular flexibility index (Phi) is 7.00. The predicted molar refractivity (Wildman–Crippen MR) is 87.1 cm³/mol. The second-order valence-corrected chi connectivity index (χ2v) is 6.83. The van der Waals surface area contributed by atoms with Gasteiger partial charge in [-0.3, -0.25) is 0 Å². The summed E-state index contributed by atoms with van der Waals surface area (Å²) in [6, 6.07) is 5.97. The maximum atomic E-state index is 10.0. The number of hydrogen-bond acceptors (Lipinski definition) is 3. The first kappa shape index (κ1) is 17.5. The first-order valence-electron chi connectivity index (χ1n) is 7.18. The normalized spacial score (nSPS) is 14.3. The molecule has 0 aliphatic carbocycles. The van der Waals surface area contributed by atoms with Crippen LogP contribution in [0.3, 0.4) is 0 Å². The van der Waals surface area contributed by atoms with Crippen molar-refractivity contribution in [3.05, 3.63) is 28.2 Å². The van der Waals surface area contributed by atoms with Gasteiger partial charge in [-0.1, -0.05) is 36.7 Å². The Hall–Kier alpha value is -0.580. The lowest BCUT2D eigenvalue weighted by Crippen LogP contribution is -2.31. The lowest BCUT2D eigenvalue weighted by Gasteiger charge is -2.22. The summed E-state index contributed by atoms with van der Waals surface area (Å²) in [4.78, 5) is 0. The van der Waals surface area contributed by atoms with Gasteiger partial charge in [0, 0.05) is 16.6 Å². The first-order chi connectivity index (χ1) is 9.34. The van der Waals surface area contributed by atoms with Crippen molar-refractivity contribution in [2.75, 3.05) is 13.2 Å². The molecule has 0 saturated heterocycles. The fraction of sp³-hybridized carbons (Fsp3) is 0.625. The van der Waals surface area contributed by atoms with E-state index in [0.717, 1.165) is 28.9 Å². The van der Waals surface area contributed by atoms with Crippen molar-refractivity contribution in [3.63, 3.8) is 0 Å². The molecule has 0 amide bonds. The summed E-state index contributed by atoms with van der Waals surface area (Å²) in [5.74, 6) is 1.45. The molecular weight excluding hydrogens is 318 g/mol. The second kappa shape index (κ2) is 8.01. The highest BCUT2D eigenvalue weighted by molar-refractivity contribution is 9.10. The minimum atomic E-state index is -0.782. The van der Waals surface area contributed by atoms with Crippen LogP contribution in [0.25, 0.3) is 0 Å². The smallest absolute Gasteiger partial charge is 0.124 e. The molecule has 20 heavy (non-hydrogen) atoms. The summed E-state index contributed by atoms with van der Waals surface area (Å²) >= 11 is 3.49. The Morgan fingerprint density at radius 1 is 1.40 bits per heavy atom. The summed E-state index contributed by atoms with van der Waals surface area (Å²) in [7, 11) is 0. The lowest BCUT2D eigenvalue weighted by atomic mass is 10.1. The molecule has 1 atom stereocenters. The fourth-order valence-corrected chi connectivity index (χ4v) is 2.07. The van der Waals surface area contributed by atoms with Crippen molar-refractivity contribution in [1.82, 2.24) is 5.32 Å². The third-order valence-corrected chi connectivity index (χ3v) is 3.68. The number of aliphatic hydroxyl groups is 1. The monoisotopic (exact) mass is 343 g/mol. The zero-order valence-electron chi connectivity index (χ0n) is 12.9. The number of rotatable bonds is 8. The van der Waals surface area contributed by atoms with E-state index in [9.17, 15) is 5.11 Å². The summed E-state index contributed by atoms with van der Waals surface area (Å²) in [5, 5.41) is 13.4. The largest absolute Gasteiger partial charge is 0.490 e. The molecule has 0 spiro atoms. The number of halogens is 1. The van der Waals surface area contributed by atoms with E-state index < -0.39 is 5.60 Å². The van der Waals surface area contributed by atoms with Gasteiger partial charge < -0.3 is 15.2 Å². The van der Waals surface area contributed by atoms with Crippen LogP contribution in [0.5, 0.6) is 5.75 Å².